The van der Waals surface area contributed by atoms with Crippen molar-refractivity contribution >= 4 is 29.3 Å². The number of morpholine rings is 1. The third-order valence-corrected chi connectivity index (χ3v) is 7.38. The van der Waals surface area contributed by atoms with Gasteiger partial charge in [-0.2, -0.15) is 0 Å². The van der Waals surface area contributed by atoms with Gasteiger partial charge in [0, 0.05) is 18.8 Å². The van der Waals surface area contributed by atoms with E-state index < -0.39 is 0 Å². The number of hydrogen-bond donors (Lipinski definition) is 0. The van der Waals surface area contributed by atoms with E-state index >= 15 is 0 Å². The lowest BCUT2D eigenvalue weighted by Crippen LogP contribution is -2.36. The number of aryl methyl sites for hydroxylation is 1. The SMILES string of the molecule is Cc1cc(C(=O)OCCCCCN2CCOCC2)ccc1N1C(=O)CSC1c1ccc(F)cc1. The third kappa shape index (κ3) is 6.17. The lowest BCUT2D eigenvalue weighted by Gasteiger charge is -2.26. The Morgan fingerprint density at radius 2 is 1.88 bits per heavy atom. The zero-order valence-corrected chi connectivity index (χ0v) is 20.3. The van der Waals surface area contributed by atoms with Gasteiger partial charge in [-0.1, -0.05) is 12.1 Å². The van der Waals surface area contributed by atoms with Crippen LogP contribution in [0.2, 0.25) is 0 Å². The molecule has 0 spiro atoms. The fraction of sp³-hybridized carbons (Fsp3) is 0.462. The molecule has 4 rings (SSSR count). The molecule has 1 amide bonds. The Kier molecular flexibility index (Phi) is 8.59. The van der Waals surface area contributed by atoms with Crippen LogP contribution in [-0.4, -0.2) is 62.0 Å². The molecule has 0 bridgehead atoms. The van der Waals surface area contributed by atoms with Crippen molar-refractivity contribution in [1.82, 2.24) is 4.90 Å². The fourth-order valence-corrected chi connectivity index (χ4v) is 5.47. The number of benzene rings is 2. The molecule has 2 fully saturated rings. The van der Waals surface area contributed by atoms with Gasteiger partial charge in [-0.15, -0.1) is 11.8 Å². The maximum absolute atomic E-state index is 13.3. The number of hydrogen-bond acceptors (Lipinski definition) is 6. The molecule has 0 saturated carbocycles. The number of anilines is 1. The Labute approximate surface area is 204 Å². The molecule has 2 heterocycles. The van der Waals surface area contributed by atoms with Crippen LogP contribution in [-0.2, 0) is 14.3 Å². The van der Waals surface area contributed by atoms with E-state index in [0.717, 1.165) is 68.9 Å². The largest absolute Gasteiger partial charge is 0.462 e. The average molecular weight is 487 g/mol. The summed E-state index contributed by atoms with van der Waals surface area (Å²) in [6, 6.07) is 11.5. The Morgan fingerprint density at radius 1 is 1.12 bits per heavy atom. The lowest BCUT2D eigenvalue weighted by atomic mass is 10.1. The molecular formula is C26H31FN2O4S. The summed E-state index contributed by atoms with van der Waals surface area (Å²) in [5.74, 6) is -0.299. The second-order valence-corrected chi connectivity index (χ2v) is 9.70. The average Bonchev–Trinajstić information content (AvgIpc) is 3.23. The second-order valence-electron chi connectivity index (χ2n) is 8.63. The zero-order valence-electron chi connectivity index (χ0n) is 19.5. The number of esters is 1. The van der Waals surface area contributed by atoms with Gasteiger partial charge >= 0.3 is 5.97 Å². The Morgan fingerprint density at radius 3 is 2.62 bits per heavy atom. The molecule has 34 heavy (non-hydrogen) atoms. The van der Waals surface area contributed by atoms with E-state index in [2.05, 4.69) is 4.90 Å². The number of rotatable bonds is 9. The van der Waals surface area contributed by atoms with Crippen LogP contribution in [0.15, 0.2) is 42.5 Å². The molecule has 2 aromatic rings. The summed E-state index contributed by atoms with van der Waals surface area (Å²) in [5, 5.41) is -0.220. The number of carbonyl (C=O) groups excluding carboxylic acids is 2. The van der Waals surface area contributed by atoms with Gasteiger partial charge in [0.05, 0.1) is 31.1 Å². The quantitative estimate of drug-likeness (QED) is 0.382. The second kappa shape index (κ2) is 11.8. The van der Waals surface area contributed by atoms with Crippen molar-refractivity contribution in [3.8, 4) is 0 Å². The van der Waals surface area contributed by atoms with E-state index in [4.69, 9.17) is 9.47 Å². The minimum Gasteiger partial charge on any atom is -0.462 e. The van der Waals surface area contributed by atoms with Crippen LogP contribution in [0.4, 0.5) is 10.1 Å². The predicted octanol–water partition coefficient (Wildman–Crippen LogP) is 4.57. The van der Waals surface area contributed by atoms with E-state index in [1.165, 1.54) is 23.9 Å². The molecule has 2 aliphatic rings. The van der Waals surface area contributed by atoms with Gasteiger partial charge in [0.25, 0.3) is 0 Å². The van der Waals surface area contributed by atoms with Crippen LogP contribution < -0.4 is 4.90 Å². The number of unbranched alkanes of at least 4 members (excludes halogenated alkanes) is 2. The smallest absolute Gasteiger partial charge is 0.338 e. The van der Waals surface area contributed by atoms with Crippen molar-refractivity contribution in [3.63, 3.8) is 0 Å². The first-order valence-electron chi connectivity index (χ1n) is 11.8. The lowest BCUT2D eigenvalue weighted by molar-refractivity contribution is -0.115. The number of halogens is 1. The molecule has 2 saturated heterocycles. The van der Waals surface area contributed by atoms with Gasteiger partial charge < -0.3 is 9.47 Å². The molecule has 2 aliphatic heterocycles. The summed E-state index contributed by atoms with van der Waals surface area (Å²) in [7, 11) is 0. The molecule has 0 aliphatic carbocycles. The Hall–Kier alpha value is -2.42. The van der Waals surface area contributed by atoms with E-state index in [9.17, 15) is 14.0 Å². The van der Waals surface area contributed by atoms with Gasteiger partial charge in [-0.3, -0.25) is 14.6 Å². The van der Waals surface area contributed by atoms with Crippen LogP contribution in [0.3, 0.4) is 0 Å². The molecule has 182 valence electrons. The van der Waals surface area contributed by atoms with Crippen molar-refractivity contribution in [3.05, 3.63) is 65.0 Å². The van der Waals surface area contributed by atoms with Crippen molar-refractivity contribution in [2.24, 2.45) is 0 Å². The monoisotopic (exact) mass is 486 g/mol. The number of nitrogens with zero attached hydrogens (tertiary/aromatic N) is 2. The third-order valence-electron chi connectivity index (χ3n) is 6.17. The van der Waals surface area contributed by atoms with E-state index in [-0.39, 0.29) is 23.1 Å². The van der Waals surface area contributed by atoms with Crippen LogP contribution in [0.5, 0.6) is 0 Å². The highest BCUT2D eigenvalue weighted by atomic mass is 32.2. The van der Waals surface area contributed by atoms with E-state index in [0.29, 0.717) is 17.9 Å². The van der Waals surface area contributed by atoms with Crippen molar-refractivity contribution < 1.29 is 23.5 Å². The molecule has 0 aromatic heterocycles. The summed E-state index contributed by atoms with van der Waals surface area (Å²) in [5.41, 5.74) is 2.92. The van der Waals surface area contributed by atoms with Crippen molar-refractivity contribution in [2.45, 2.75) is 31.6 Å². The minimum absolute atomic E-state index is 0.00479. The summed E-state index contributed by atoms with van der Waals surface area (Å²) in [4.78, 5) is 29.3. The normalized spacial score (nSPS) is 18.9. The van der Waals surface area contributed by atoms with E-state index in [1.807, 2.05) is 6.92 Å². The van der Waals surface area contributed by atoms with Crippen LogP contribution >= 0.6 is 11.8 Å². The van der Waals surface area contributed by atoms with Gasteiger partial charge in [-0.25, -0.2) is 9.18 Å². The number of carbonyl (C=O) groups is 2. The Bertz CT molecular complexity index is 995. The maximum atomic E-state index is 13.3. The van der Waals surface area contributed by atoms with Gasteiger partial charge in [0.1, 0.15) is 11.2 Å². The first-order chi connectivity index (χ1) is 16.5. The highest BCUT2D eigenvalue weighted by molar-refractivity contribution is 8.00. The molecule has 2 aromatic carbocycles. The van der Waals surface area contributed by atoms with Gasteiger partial charge in [0.15, 0.2) is 0 Å². The molecule has 0 N–H and O–H groups in total. The highest BCUT2D eigenvalue weighted by Gasteiger charge is 2.35. The molecule has 1 atom stereocenters. The topological polar surface area (TPSA) is 59.1 Å². The van der Waals surface area contributed by atoms with Crippen LogP contribution in [0, 0.1) is 12.7 Å². The molecule has 0 radical (unpaired) electrons. The first kappa shape index (κ1) is 24.7. The highest BCUT2D eigenvalue weighted by Crippen LogP contribution is 2.42. The van der Waals surface area contributed by atoms with Crippen molar-refractivity contribution in [1.29, 1.82) is 0 Å². The van der Waals surface area contributed by atoms with Crippen molar-refractivity contribution in [2.75, 3.05) is 50.1 Å². The van der Waals surface area contributed by atoms with Gasteiger partial charge in [-0.05, 0) is 74.2 Å². The molecule has 6 nitrogen and oxygen atoms in total. The minimum atomic E-state index is -0.347. The van der Waals surface area contributed by atoms with Crippen LogP contribution in [0.1, 0.15) is 46.1 Å². The molecule has 8 heteroatoms. The summed E-state index contributed by atoms with van der Waals surface area (Å²) < 4.78 is 24.2. The van der Waals surface area contributed by atoms with Gasteiger partial charge in [0.2, 0.25) is 5.91 Å². The Balaban J connectivity index is 1.30. The number of amides is 1. The number of ether oxygens (including phenoxy) is 2. The fourth-order valence-electron chi connectivity index (χ4n) is 4.30. The molecular weight excluding hydrogens is 455 g/mol. The predicted molar refractivity (Wildman–Crippen MR) is 132 cm³/mol. The standard InChI is InChI=1S/C26H31FN2O4S/c1-19-17-21(26(31)33-14-4-2-3-11-28-12-15-32-16-13-28)7-10-23(19)29-24(30)18-34-25(29)20-5-8-22(27)9-6-20/h5-10,17,25H,2-4,11-16,18H2,1H3. The summed E-state index contributed by atoms with van der Waals surface area (Å²) >= 11 is 1.51. The maximum Gasteiger partial charge on any atom is 0.338 e. The van der Waals surface area contributed by atoms with E-state index in [1.54, 1.807) is 35.2 Å². The first-order valence-corrected chi connectivity index (χ1v) is 12.8. The summed E-state index contributed by atoms with van der Waals surface area (Å²) in [6.45, 7) is 6.96. The zero-order chi connectivity index (χ0) is 23.9. The summed E-state index contributed by atoms with van der Waals surface area (Å²) in [6.07, 6.45) is 2.94. The number of thioether (sulfide) groups is 1. The van der Waals surface area contributed by atoms with Crippen LogP contribution in [0.25, 0.3) is 0 Å². The molecule has 1 unspecified atom stereocenters.